The minimum Gasteiger partial charge on any atom is -0.481 e. The number of hydrogen-bond acceptors (Lipinski definition) is 6. The molecule has 1 aromatic heterocycles. The van der Waals surface area contributed by atoms with Crippen molar-refractivity contribution in [1.29, 1.82) is 0 Å². The maximum atomic E-state index is 12.8. The van der Waals surface area contributed by atoms with Crippen LogP contribution in [0.1, 0.15) is 41.5 Å². The Morgan fingerprint density at radius 2 is 1.73 bits per heavy atom. The highest BCUT2D eigenvalue weighted by Crippen LogP contribution is 2.32. The molecular weight excluding hydrogens is 567 g/mol. The number of aliphatic carboxylic acids is 2. The Morgan fingerprint density at radius 1 is 1.07 bits per heavy atom. The molecule has 7 nitrogen and oxygen atoms in total. The van der Waals surface area contributed by atoms with Gasteiger partial charge >= 0.3 is 18.1 Å². The van der Waals surface area contributed by atoms with Crippen molar-refractivity contribution in [3.63, 3.8) is 0 Å². The standard InChI is InChI=1S/C24H25ClF3N3S.C4H6O4/c1-15(24(26,27)28)12-22-31-21(14-32-22)18-4-2-16(3-5-18)13-30-23-19-9-11-29-10-8-17(19)6-7-20(23)25;5-3(6)1-2-4(7)8/h2-7,14-15,29-30H,8-13H2,1H3;1-2H2,(H,5,6)(H,7,8)/t15-;/m0./s1. The number of carboxylic acid groups (broad SMARTS) is 2. The molecule has 0 radical (unpaired) electrons. The van der Waals surface area contributed by atoms with Crippen molar-refractivity contribution in [2.45, 2.75) is 51.7 Å². The first-order chi connectivity index (χ1) is 18.9. The Balaban J connectivity index is 0.000000482. The normalized spacial score (nSPS) is 13.8. The lowest BCUT2D eigenvalue weighted by molar-refractivity contribution is -0.169. The SMILES string of the molecule is C[C@@H](Cc1nc(-c2ccc(CNc3c(Cl)ccc4c3CCNCC4)cc2)cs1)C(F)(F)F.O=C(O)CCC(=O)O. The molecule has 0 aliphatic carbocycles. The summed E-state index contributed by atoms with van der Waals surface area (Å²) >= 11 is 7.77. The van der Waals surface area contributed by atoms with E-state index in [4.69, 9.17) is 21.8 Å². The molecule has 3 aromatic rings. The van der Waals surface area contributed by atoms with Crippen LogP contribution in [0.25, 0.3) is 11.3 Å². The van der Waals surface area contributed by atoms with Crippen LogP contribution < -0.4 is 10.6 Å². The first kappa shape index (κ1) is 31.4. The molecule has 4 rings (SSSR count). The van der Waals surface area contributed by atoms with Crippen molar-refractivity contribution in [2.75, 3.05) is 18.4 Å². The van der Waals surface area contributed by atoms with Gasteiger partial charge < -0.3 is 20.8 Å². The fraction of sp³-hybridized carbons (Fsp3) is 0.393. The van der Waals surface area contributed by atoms with Crippen LogP contribution in [-0.2, 0) is 35.4 Å². The molecule has 0 spiro atoms. The monoisotopic (exact) mass is 597 g/mol. The van der Waals surface area contributed by atoms with Gasteiger partial charge in [-0.05, 0) is 48.7 Å². The molecule has 12 heteroatoms. The summed E-state index contributed by atoms with van der Waals surface area (Å²) in [5.74, 6) is -3.55. The first-order valence-electron chi connectivity index (χ1n) is 12.7. The number of alkyl halides is 3. The third-order valence-electron chi connectivity index (χ3n) is 6.35. The number of carboxylic acids is 2. The number of aromatic nitrogens is 1. The molecule has 0 saturated heterocycles. The number of benzene rings is 2. The first-order valence-corrected chi connectivity index (χ1v) is 14.0. The van der Waals surface area contributed by atoms with Crippen LogP contribution in [0.2, 0.25) is 5.02 Å². The van der Waals surface area contributed by atoms with E-state index in [9.17, 15) is 22.8 Å². The van der Waals surface area contributed by atoms with Gasteiger partial charge in [0.15, 0.2) is 0 Å². The minimum absolute atomic E-state index is 0.0894. The summed E-state index contributed by atoms with van der Waals surface area (Å²) in [6.45, 7) is 3.74. The van der Waals surface area contributed by atoms with Crippen LogP contribution in [0.4, 0.5) is 18.9 Å². The molecule has 0 fully saturated rings. The molecule has 40 heavy (non-hydrogen) atoms. The van der Waals surface area contributed by atoms with Gasteiger partial charge in [0.2, 0.25) is 0 Å². The molecule has 1 atom stereocenters. The van der Waals surface area contributed by atoms with E-state index < -0.39 is 24.0 Å². The van der Waals surface area contributed by atoms with Gasteiger partial charge in [-0.2, -0.15) is 13.2 Å². The highest BCUT2D eigenvalue weighted by Gasteiger charge is 2.36. The van der Waals surface area contributed by atoms with E-state index in [0.717, 1.165) is 47.8 Å². The number of fused-ring (bicyclic) bond motifs is 1. The van der Waals surface area contributed by atoms with Gasteiger partial charge in [-0.1, -0.05) is 48.9 Å². The Hall–Kier alpha value is -3.15. The van der Waals surface area contributed by atoms with Gasteiger partial charge in [0.1, 0.15) is 0 Å². The summed E-state index contributed by atoms with van der Waals surface area (Å²) in [6, 6.07) is 12.0. The van der Waals surface area contributed by atoms with Crippen LogP contribution in [0, 0.1) is 5.92 Å². The average molecular weight is 598 g/mol. The van der Waals surface area contributed by atoms with Gasteiger partial charge in [0, 0.05) is 23.9 Å². The summed E-state index contributed by atoms with van der Waals surface area (Å²) in [7, 11) is 0. The largest absolute Gasteiger partial charge is 0.481 e. The number of carbonyl (C=O) groups is 2. The molecule has 0 bridgehead atoms. The Labute approximate surface area is 239 Å². The van der Waals surface area contributed by atoms with Crippen molar-refractivity contribution < 1.29 is 33.0 Å². The summed E-state index contributed by atoms with van der Waals surface area (Å²) in [5.41, 5.74) is 6.31. The number of thiazole rings is 1. The van der Waals surface area contributed by atoms with E-state index >= 15 is 0 Å². The molecule has 216 valence electrons. The van der Waals surface area contributed by atoms with Crippen LogP contribution in [0.5, 0.6) is 0 Å². The van der Waals surface area contributed by atoms with E-state index in [1.807, 2.05) is 35.7 Å². The highest BCUT2D eigenvalue weighted by molar-refractivity contribution is 7.09. The number of nitrogens with one attached hydrogen (secondary N) is 2. The fourth-order valence-electron chi connectivity index (χ4n) is 4.05. The zero-order valence-corrected chi connectivity index (χ0v) is 23.4. The second-order valence-corrected chi connectivity index (χ2v) is 10.8. The number of anilines is 1. The van der Waals surface area contributed by atoms with Crippen molar-refractivity contribution in [3.8, 4) is 11.3 Å². The number of rotatable bonds is 9. The van der Waals surface area contributed by atoms with Gasteiger partial charge in [-0.3, -0.25) is 9.59 Å². The molecule has 2 heterocycles. The van der Waals surface area contributed by atoms with Crippen LogP contribution in [0.15, 0.2) is 41.8 Å². The van der Waals surface area contributed by atoms with Gasteiger partial charge in [-0.25, -0.2) is 4.98 Å². The topological polar surface area (TPSA) is 112 Å². The zero-order chi connectivity index (χ0) is 29.3. The Kier molecular flexibility index (Phi) is 11.4. The quantitative estimate of drug-likeness (QED) is 0.225. The Bertz CT molecular complexity index is 1280. The van der Waals surface area contributed by atoms with Crippen molar-refractivity contribution in [1.82, 2.24) is 10.3 Å². The van der Waals surface area contributed by atoms with Crippen LogP contribution in [0.3, 0.4) is 0 Å². The molecule has 0 amide bonds. The molecule has 1 aliphatic heterocycles. The van der Waals surface area contributed by atoms with Crippen molar-refractivity contribution in [2.24, 2.45) is 5.92 Å². The molecule has 4 N–H and O–H groups in total. The molecule has 0 saturated carbocycles. The van der Waals surface area contributed by atoms with Gasteiger partial charge in [0.25, 0.3) is 0 Å². The molecular formula is C28H31ClF3N3O4S. The maximum absolute atomic E-state index is 12.8. The van der Waals surface area contributed by atoms with E-state index in [1.54, 1.807) is 0 Å². The number of hydrogen-bond donors (Lipinski definition) is 4. The second kappa shape index (κ2) is 14.5. The smallest absolute Gasteiger partial charge is 0.391 e. The van der Waals surface area contributed by atoms with E-state index in [1.165, 1.54) is 29.4 Å². The minimum atomic E-state index is -4.20. The third kappa shape index (κ3) is 9.50. The lowest BCUT2D eigenvalue weighted by Gasteiger charge is -2.16. The second-order valence-electron chi connectivity index (χ2n) is 9.42. The average Bonchev–Trinajstić information content (AvgIpc) is 3.23. The van der Waals surface area contributed by atoms with Crippen LogP contribution >= 0.6 is 22.9 Å². The number of nitrogens with zero attached hydrogens (tertiary/aromatic N) is 1. The molecule has 0 unspecified atom stereocenters. The van der Waals surface area contributed by atoms with E-state index in [-0.39, 0.29) is 19.3 Å². The fourth-order valence-corrected chi connectivity index (χ4v) is 5.22. The zero-order valence-electron chi connectivity index (χ0n) is 21.9. The predicted molar refractivity (Wildman–Crippen MR) is 150 cm³/mol. The van der Waals surface area contributed by atoms with Crippen molar-refractivity contribution in [3.05, 3.63) is 68.5 Å². The van der Waals surface area contributed by atoms with Gasteiger partial charge in [-0.15, -0.1) is 11.3 Å². The number of halogens is 4. The third-order valence-corrected chi connectivity index (χ3v) is 7.53. The Morgan fingerprint density at radius 3 is 2.35 bits per heavy atom. The highest BCUT2D eigenvalue weighted by atomic mass is 35.5. The van der Waals surface area contributed by atoms with Crippen molar-refractivity contribution >= 4 is 40.6 Å². The lowest BCUT2D eigenvalue weighted by atomic mass is 10.0. The molecule has 1 aliphatic rings. The summed E-state index contributed by atoms with van der Waals surface area (Å²) in [5, 5.41) is 25.8. The van der Waals surface area contributed by atoms with Crippen LogP contribution in [-0.4, -0.2) is 46.4 Å². The predicted octanol–water partition coefficient (Wildman–Crippen LogP) is 6.44. The molecule has 2 aromatic carbocycles. The summed E-state index contributed by atoms with van der Waals surface area (Å²) < 4.78 is 38.4. The summed E-state index contributed by atoms with van der Waals surface area (Å²) in [4.78, 5) is 23.7. The van der Waals surface area contributed by atoms with E-state index in [0.29, 0.717) is 17.2 Å². The van der Waals surface area contributed by atoms with E-state index in [2.05, 4.69) is 21.7 Å². The summed E-state index contributed by atoms with van der Waals surface area (Å²) in [6.07, 6.45) is -2.95. The lowest BCUT2D eigenvalue weighted by Crippen LogP contribution is -2.21. The maximum Gasteiger partial charge on any atom is 0.391 e. The van der Waals surface area contributed by atoms with Gasteiger partial charge in [0.05, 0.1) is 40.2 Å².